The Kier molecular flexibility index (Phi) is 2.14. The molecule has 0 amide bonds. The summed E-state index contributed by atoms with van der Waals surface area (Å²) < 4.78 is 12.9. The first-order valence-electron chi connectivity index (χ1n) is 4.04. The maximum atomic E-state index is 12.9. The summed E-state index contributed by atoms with van der Waals surface area (Å²) >= 11 is 0. The summed E-state index contributed by atoms with van der Waals surface area (Å²) in [5.41, 5.74) is 0.556. The summed E-state index contributed by atoms with van der Waals surface area (Å²) in [6.45, 7) is 1.69. The molecule has 70 valence electrons. The van der Waals surface area contributed by atoms with Crippen molar-refractivity contribution in [3.05, 3.63) is 36.2 Å². The highest BCUT2D eigenvalue weighted by molar-refractivity contribution is 5.41. The molecule has 2 aromatic heterocycles. The number of rotatable bonds is 1. The molecule has 0 saturated heterocycles. The molecule has 0 saturated carbocycles. The van der Waals surface area contributed by atoms with Gasteiger partial charge in [-0.15, -0.1) is 0 Å². The van der Waals surface area contributed by atoms with E-state index < -0.39 is 5.95 Å². The topological polar surface area (TPSA) is 51.6 Å². The summed E-state index contributed by atoms with van der Waals surface area (Å²) in [6.07, 6.45) is 3.12. The maximum absolute atomic E-state index is 12.9. The fourth-order valence-electron chi connectivity index (χ4n) is 1.04. The Morgan fingerprint density at radius 3 is 2.43 bits per heavy atom. The average Bonchev–Trinajstić information content (AvgIpc) is 2.18. The molecule has 0 radical (unpaired) electrons. The molecule has 0 bridgehead atoms. The van der Waals surface area contributed by atoms with Gasteiger partial charge in [-0.3, -0.25) is 0 Å². The van der Waals surface area contributed by atoms with Crippen LogP contribution in [0.5, 0.6) is 0 Å². The van der Waals surface area contributed by atoms with Crippen molar-refractivity contribution >= 4 is 0 Å². The van der Waals surface area contributed by atoms with Crippen LogP contribution >= 0.6 is 0 Å². The highest BCUT2D eigenvalue weighted by Crippen LogP contribution is 2.08. The Bertz CT molecular complexity index is 424. The Morgan fingerprint density at radius 1 is 1.07 bits per heavy atom. The Balaban J connectivity index is 2.52. The van der Waals surface area contributed by atoms with Crippen LogP contribution in [0.2, 0.25) is 0 Å². The molecule has 14 heavy (non-hydrogen) atoms. The van der Waals surface area contributed by atoms with Gasteiger partial charge >= 0.3 is 0 Å². The first-order chi connectivity index (χ1) is 6.75. The minimum Gasteiger partial charge on any atom is -0.234 e. The quantitative estimate of drug-likeness (QED) is 0.637. The van der Waals surface area contributed by atoms with Crippen molar-refractivity contribution in [2.24, 2.45) is 0 Å². The predicted molar refractivity (Wildman–Crippen MR) is 47.8 cm³/mol. The van der Waals surface area contributed by atoms with Crippen LogP contribution in [0, 0.1) is 12.9 Å². The number of hydrogen-bond donors (Lipinski definition) is 0. The van der Waals surface area contributed by atoms with Crippen LogP contribution in [0.3, 0.4) is 0 Å². The average molecular weight is 190 g/mol. The zero-order valence-electron chi connectivity index (χ0n) is 7.48. The van der Waals surface area contributed by atoms with Gasteiger partial charge in [0.25, 0.3) is 0 Å². The van der Waals surface area contributed by atoms with Gasteiger partial charge in [-0.25, -0.2) is 15.0 Å². The Labute approximate surface area is 79.9 Å². The van der Waals surface area contributed by atoms with Gasteiger partial charge in [-0.05, 0) is 13.0 Å². The molecule has 2 aromatic rings. The molecule has 0 spiro atoms. The molecule has 0 N–H and O–H groups in total. The van der Waals surface area contributed by atoms with Gasteiger partial charge in [0, 0.05) is 24.2 Å². The Hall–Kier alpha value is -1.91. The normalized spacial score (nSPS) is 10.1. The van der Waals surface area contributed by atoms with Crippen LogP contribution in [0.4, 0.5) is 4.39 Å². The summed E-state index contributed by atoms with van der Waals surface area (Å²) in [5, 5.41) is 0. The fourth-order valence-corrected chi connectivity index (χ4v) is 1.04. The lowest BCUT2D eigenvalue weighted by molar-refractivity contribution is 0.578. The third-order valence-electron chi connectivity index (χ3n) is 1.59. The molecule has 0 unspecified atom stereocenters. The van der Waals surface area contributed by atoms with Crippen LogP contribution in [0.15, 0.2) is 24.5 Å². The van der Waals surface area contributed by atoms with Gasteiger partial charge in [-0.2, -0.15) is 9.37 Å². The number of hydrogen-bond acceptors (Lipinski definition) is 4. The van der Waals surface area contributed by atoms with E-state index in [4.69, 9.17) is 0 Å². The van der Waals surface area contributed by atoms with Gasteiger partial charge in [0.2, 0.25) is 11.8 Å². The van der Waals surface area contributed by atoms with Crippen molar-refractivity contribution in [2.75, 3.05) is 0 Å². The molecule has 2 heterocycles. The smallest absolute Gasteiger partial charge is 0.216 e. The molecule has 2 rings (SSSR count). The van der Waals surface area contributed by atoms with Gasteiger partial charge in [0.1, 0.15) is 0 Å². The van der Waals surface area contributed by atoms with Crippen molar-refractivity contribution in [3.8, 4) is 11.6 Å². The van der Waals surface area contributed by atoms with Crippen LogP contribution in [-0.2, 0) is 0 Å². The molecule has 0 aromatic carbocycles. The van der Waals surface area contributed by atoms with E-state index in [1.807, 2.05) is 0 Å². The van der Waals surface area contributed by atoms with E-state index in [0.29, 0.717) is 11.5 Å². The number of aromatic nitrogens is 4. The molecular formula is C9H7FN4. The molecule has 4 nitrogen and oxygen atoms in total. The van der Waals surface area contributed by atoms with E-state index in [1.165, 1.54) is 6.07 Å². The van der Waals surface area contributed by atoms with Crippen molar-refractivity contribution in [3.63, 3.8) is 0 Å². The van der Waals surface area contributed by atoms with E-state index in [-0.39, 0.29) is 5.82 Å². The third kappa shape index (κ3) is 1.71. The molecule has 0 aliphatic rings. The molecule has 0 aliphatic heterocycles. The molecular weight excluding hydrogens is 183 g/mol. The molecule has 0 atom stereocenters. The molecule has 5 heteroatoms. The predicted octanol–water partition coefficient (Wildman–Crippen LogP) is 1.38. The minimum atomic E-state index is -0.569. The summed E-state index contributed by atoms with van der Waals surface area (Å²) in [7, 11) is 0. The van der Waals surface area contributed by atoms with E-state index in [2.05, 4.69) is 19.9 Å². The van der Waals surface area contributed by atoms with Crippen molar-refractivity contribution in [2.45, 2.75) is 6.92 Å². The first-order valence-corrected chi connectivity index (χ1v) is 4.04. The van der Waals surface area contributed by atoms with Crippen LogP contribution in [0.1, 0.15) is 5.69 Å². The molecule has 0 aliphatic carbocycles. The second-order valence-corrected chi connectivity index (χ2v) is 2.73. The van der Waals surface area contributed by atoms with E-state index >= 15 is 0 Å². The summed E-state index contributed by atoms with van der Waals surface area (Å²) in [5.74, 6) is -0.0295. The van der Waals surface area contributed by atoms with E-state index in [1.54, 1.807) is 25.4 Å². The Morgan fingerprint density at radius 2 is 1.79 bits per heavy atom. The fraction of sp³-hybridized carbons (Fsp3) is 0.111. The van der Waals surface area contributed by atoms with Crippen LogP contribution in [0.25, 0.3) is 11.6 Å². The highest BCUT2D eigenvalue weighted by Gasteiger charge is 2.05. The minimum absolute atomic E-state index is 0.211. The number of aryl methyl sites for hydroxylation is 1. The summed E-state index contributed by atoms with van der Waals surface area (Å²) in [4.78, 5) is 15.5. The monoisotopic (exact) mass is 190 g/mol. The standard InChI is InChI=1S/C9H7FN4/c1-6-5-7(10)14-9(13-6)8-11-3-2-4-12-8/h2-5H,1H3. The number of halogens is 1. The summed E-state index contributed by atoms with van der Waals surface area (Å²) in [6, 6.07) is 2.93. The lowest BCUT2D eigenvalue weighted by Crippen LogP contribution is -1.98. The maximum Gasteiger partial charge on any atom is 0.216 e. The zero-order chi connectivity index (χ0) is 9.97. The SMILES string of the molecule is Cc1cc(F)nc(-c2ncccn2)n1. The largest absolute Gasteiger partial charge is 0.234 e. The lowest BCUT2D eigenvalue weighted by Gasteiger charge is -1.98. The molecule has 0 fully saturated rings. The van der Waals surface area contributed by atoms with E-state index in [0.717, 1.165) is 0 Å². The van der Waals surface area contributed by atoms with Gasteiger partial charge in [-0.1, -0.05) is 0 Å². The second-order valence-electron chi connectivity index (χ2n) is 2.73. The third-order valence-corrected chi connectivity index (χ3v) is 1.59. The first kappa shape index (κ1) is 8.68. The van der Waals surface area contributed by atoms with Gasteiger partial charge in [0.15, 0.2) is 5.82 Å². The van der Waals surface area contributed by atoms with Crippen molar-refractivity contribution in [1.29, 1.82) is 0 Å². The van der Waals surface area contributed by atoms with Gasteiger partial charge < -0.3 is 0 Å². The lowest BCUT2D eigenvalue weighted by atomic mass is 10.4. The van der Waals surface area contributed by atoms with E-state index in [9.17, 15) is 4.39 Å². The van der Waals surface area contributed by atoms with Crippen molar-refractivity contribution in [1.82, 2.24) is 19.9 Å². The highest BCUT2D eigenvalue weighted by atomic mass is 19.1. The number of nitrogens with zero attached hydrogens (tertiary/aromatic N) is 4. The van der Waals surface area contributed by atoms with Crippen LogP contribution < -0.4 is 0 Å². The zero-order valence-corrected chi connectivity index (χ0v) is 7.48. The van der Waals surface area contributed by atoms with Gasteiger partial charge in [0.05, 0.1) is 0 Å². The van der Waals surface area contributed by atoms with Crippen molar-refractivity contribution < 1.29 is 4.39 Å². The van der Waals surface area contributed by atoms with Crippen LogP contribution in [-0.4, -0.2) is 19.9 Å². The second kappa shape index (κ2) is 3.45.